The van der Waals surface area contributed by atoms with Crippen LogP contribution >= 0.6 is 0 Å². The molecule has 0 spiro atoms. The Kier molecular flexibility index (Phi) is 10.3. The number of carbonyl (C=O) groups excluding carboxylic acids is 1. The minimum absolute atomic E-state index is 0. The molecule has 2 fully saturated rings. The second kappa shape index (κ2) is 14.0. The molecule has 7 rings (SSSR count). The van der Waals surface area contributed by atoms with E-state index in [1.807, 2.05) is 18.3 Å². The Bertz CT molecular complexity index is 1840. The first kappa shape index (κ1) is 33.1. The predicted octanol–water partition coefficient (Wildman–Crippen LogP) is 11.0. The van der Waals surface area contributed by atoms with Gasteiger partial charge in [-0.25, -0.2) is 0 Å². The van der Waals surface area contributed by atoms with Crippen LogP contribution in [0.25, 0.3) is 44.0 Å². The van der Waals surface area contributed by atoms with Crippen LogP contribution < -0.4 is 0 Å². The number of hydrogen-bond acceptors (Lipinski definition) is 4. The Morgan fingerprint density at radius 3 is 2.36 bits per heavy atom. The Balaban J connectivity index is 0.000000212. The van der Waals surface area contributed by atoms with Crippen molar-refractivity contribution in [2.75, 3.05) is 0 Å². The van der Waals surface area contributed by atoms with E-state index in [4.69, 9.17) is 9.40 Å². The van der Waals surface area contributed by atoms with Crippen molar-refractivity contribution in [1.29, 1.82) is 0 Å². The van der Waals surface area contributed by atoms with Gasteiger partial charge >= 0.3 is 0 Å². The molecule has 237 valence electrons. The van der Waals surface area contributed by atoms with Gasteiger partial charge in [0.05, 0.1) is 11.3 Å². The van der Waals surface area contributed by atoms with Gasteiger partial charge in [0, 0.05) is 49.6 Å². The van der Waals surface area contributed by atoms with Crippen molar-refractivity contribution >= 4 is 38.5 Å². The maximum Gasteiger partial charge on any atom is 0.162 e. The van der Waals surface area contributed by atoms with Gasteiger partial charge in [0.1, 0.15) is 5.58 Å². The van der Waals surface area contributed by atoms with Crippen molar-refractivity contribution in [3.63, 3.8) is 0 Å². The van der Waals surface area contributed by atoms with Crippen molar-refractivity contribution in [3.05, 3.63) is 89.8 Å². The first-order chi connectivity index (χ1) is 21.2. The zero-order valence-electron chi connectivity index (χ0n) is 26.9. The summed E-state index contributed by atoms with van der Waals surface area (Å²) in [5.74, 6) is 0.991. The number of furan rings is 1. The van der Waals surface area contributed by atoms with Gasteiger partial charge in [0.15, 0.2) is 5.78 Å². The molecular formula is C40H44IrNO3-. The van der Waals surface area contributed by atoms with Gasteiger partial charge in [-0.1, -0.05) is 101 Å². The summed E-state index contributed by atoms with van der Waals surface area (Å²) >= 11 is 0. The van der Waals surface area contributed by atoms with Crippen LogP contribution in [-0.2, 0) is 30.3 Å². The number of aryl methyl sites for hydroxylation is 1. The molecule has 5 heteroatoms. The van der Waals surface area contributed by atoms with Crippen LogP contribution in [0.5, 0.6) is 0 Å². The fourth-order valence-electron chi connectivity index (χ4n) is 6.88. The van der Waals surface area contributed by atoms with Gasteiger partial charge in [-0.15, -0.1) is 17.7 Å². The third-order valence-corrected chi connectivity index (χ3v) is 10.0. The molecule has 3 aromatic carbocycles. The van der Waals surface area contributed by atoms with Crippen molar-refractivity contribution < 1.29 is 34.4 Å². The molecule has 1 N–H and O–H groups in total. The molecule has 0 atom stereocenters. The van der Waals surface area contributed by atoms with Gasteiger partial charge in [0.25, 0.3) is 0 Å². The predicted molar refractivity (Wildman–Crippen MR) is 181 cm³/mol. The number of aliphatic hydroxyl groups is 1. The Labute approximate surface area is 280 Å². The number of allylic oxidation sites excluding steroid dienone is 2. The molecule has 4 nitrogen and oxygen atoms in total. The van der Waals surface area contributed by atoms with Crippen molar-refractivity contribution in [3.8, 4) is 11.3 Å². The van der Waals surface area contributed by atoms with Gasteiger partial charge in [-0.05, 0) is 71.7 Å². The number of ketones is 1. The van der Waals surface area contributed by atoms with Crippen LogP contribution in [0, 0.1) is 24.8 Å². The number of rotatable bonds is 6. The standard InChI is InChI=1S/C27H24NO.C13H20O2.Ir/c1-5-27(3,4)19-10-11-20-18(16-19)12-13-28-25(20)23-15-17(2)14-22-21-8-6-7-9-24(21)29-26(22)23;14-12(10-5-1-2-6-10)9-13(15)11-7-3-4-8-11;/h6-14,16H,5H2,1-4H3;9-11,14H,1-8H2;/q-1;;/b;12-9-;. The van der Waals surface area contributed by atoms with Crippen LogP contribution in [0.3, 0.4) is 0 Å². The zero-order chi connectivity index (χ0) is 30.8. The molecule has 0 amide bonds. The molecule has 0 unspecified atom stereocenters. The van der Waals surface area contributed by atoms with Gasteiger partial charge in [-0.3, -0.25) is 4.79 Å². The second-order valence-electron chi connectivity index (χ2n) is 13.4. The number of carbonyl (C=O) groups is 1. The quantitative estimate of drug-likeness (QED) is 0.106. The van der Waals surface area contributed by atoms with E-state index in [2.05, 4.69) is 76.2 Å². The van der Waals surface area contributed by atoms with E-state index < -0.39 is 0 Å². The van der Waals surface area contributed by atoms with E-state index in [0.29, 0.717) is 5.76 Å². The van der Waals surface area contributed by atoms with Crippen molar-refractivity contribution in [2.45, 2.75) is 90.9 Å². The smallest absolute Gasteiger partial charge is 0.162 e. The number of aliphatic hydroxyl groups excluding tert-OH is 1. The topological polar surface area (TPSA) is 63.3 Å². The third-order valence-electron chi connectivity index (χ3n) is 10.0. The molecule has 2 aliphatic rings. The molecule has 2 aromatic heterocycles. The molecule has 45 heavy (non-hydrogen) atoms. The number of hydrogen-bond donors (Lipinski definition) is 1. The first-order valence-electron chi connectivity index (χ1n) is 16.4. The van der Waals surface area contributed by atoms with Gasteiger partial charge in [0.2, 0.25) is 0 Å². The largest absolute Gasteiger partial charge is 0.512 e. The van der Waals surface area contributed by atoms with Crippen molar-refractivity contribution in [2.24, 2.45) is 11.8 Å². The molecule has 2 aliphatic carbocycles. The molecule has 5 aromatic rings. The average Bonchev–Trinajstić information content (AvgIpc) is 3.82. The van der Waals surface area contributed by atoms with Crippen LogP contribution in [-0.4, -0.2) is 15.9 Å². The number of para-hydroxylation sites is 1. The SMILES string of the molecule is CCC(C)(C)c1ccc2c(-c3[c-]c(C)cc4c3oc3ccccc34)nccc2c1.O=C(/C=C(\O)C1CCCC1)C1CCCC1.[Ir]. The summed E-state index contributed by atoms with van der Waals surface area (Å²) in [6, 6.07) is 22.7. The fraction of sp³-hybridized carbons (Fsp3) is 0.400. The van der Waals surface area contributed by atoms with E-state index in [1.54, 1.807) is 0 Å². The normalized spacial score (nSPS) is 16.2. The minimum atomic E-state index is 0. The van der Waals surface area contributed by atoms with Crippen LogP contribution in [0.4, 0.5) is 0 Å². The number of benzene rings is 3. The zero-order valence-corrected chi connectivity index (χ0v) is 29.3. The second-order valence-corrected chi connectivity index (χ2v) is 13.4. The van der Waals surface area contributed by atoms with Crippen molar-refractivity contribution in [1.82, 2.24) is 4.98 Å². The summed E-state index contributed by atoms with van der Waals surface area (Å²) in [5.41, 5.74) is 6.21. The number of fused-ring (bicyclic) bond motifs is 4. The number of pyridine rings is 1. The number of aromatic nitrogens is 1. The summed E-state index contributed by atoms with van der Waals surface area (Å²) in [6.45, 7) is 8.91. The summed E-state index contributed by atoms with van der Waals surface area (Å²) in [5, 5.41) is 14.4. The van der Waals surface area contributed by atoms with E-state index in [1.165, 1.54) is 42.7 Å². The molecule has 1 radical (unpaired) electrons. The fourth-order valence-corrected chi connectivity index (χ4v) is 6.88. The van der Waals surface area contributed by atoms with Gasteiger partial charge < -0.3 is 14.5 Å². The summed E-state index contributed by atoms with van der Waals surface area (Å²) in [7, 11) is 0. The molecule has 0 bridgehead atoms. The summed E-state index contributed by atoms with van der Waals surface area (Å²) in [4.78, 5) is 16.5. The Hall–Kier alpha value is -3.27. The molecule has 2 heterocycles. The monoisotopic (exact) mass is 779 g/mol. The molecular weight excluding hydrogens is 735 g/mol. The van der Waals surface area contributed by atoms with Crippen LogP contribution in [0.1, 0.15) is 89.7 Å². The van der Waals surface area contributed by atoms with E-state index in [0.717, 1.165) is 76.2 Å². The maximum absolute atomic E-state index is 11.8. The number of nitrogens with zero attached hydrogens (tertiary/aromatic N) is 1. The van der Waals surface area contributed by atoms with E-state index >= 15 is 0 Å². The Morgan fingerprint density at radius 1 is 0.956 bits per heavy atom. The minimum Gasteiger partial charge on any atom is -0.512 e. The van der Waals surface area contributed by atoms with Gasteiger partial charge in [-0.2, -0.15) is 0 Å². The van der Waals surface area contributed by atoms with Crippen LogP contribution in [0.15, 0.2) is 77.0 Å². The molecule has 0 saturated heterocycles. The summed E-state index contributed by atoms with van der Waals surface area (Å²) < 4.78 is 6.27. The molecule has 0 aliphatic heterocycles. The Morgan fingerprint density at radius 2 is 1.64 bits per heavy atom. The summed E-state index contributed by atoms with van der Waals surface area (Å²) in [6.07, 6.45) is 13.4. The first-order valence-corrected chi connectivity index (χ1v) is 16.4. The van der Waals surface area contributed by atoms with E-state index in [9.17, 15) is 9.90 Å². The van der Waals surface area contributed by atoms with Crippen LogP contribution in [0.2, 0.25) is 0 Å². The third kappa shape index (κ3) is 6.95. The van der Waals surface area contributed by atoms with E-state index in [-0.39, 0.29) is 43.1 Å². The average molecular weight is 779 g/mol. The maximum atomic E-state index is 11.8. The molecule has 2 saturated carbocycles.